The highest BCUT2D eigenvalue weighted by atomic mass is 16.5. The second-order valence-electron chi connectivity index (χ2n) is 17.5. The fraction of sp³-hybridized carbons (Fsp3) is 0.0161. The minimum Gasteiger partial charge on any atom is -0.457 e. The van der Waals surface area contributed by atoms with Crippen LogP contribution in [0.5, 0.6) is 11.5 Å². The quantitative estimate of drug-likeness (QED) is 0.164. The second kappa shape index (κ2) is 15.4. The normalized spacial score (nSPS) is 12.9. The summed E-state index contributed by atoms with van der Waals surface area (Å²) >= 11 is 0. The molecule has 1 aliphatic carbocycles. The molecule has 1 aliphatic heterocycles. The van der Waals surface area contributed by atoms with Crippen LogP contribution in [0.2, 0.25) is 0 Å². The minimum absolute atomic E-state index is 0.597. The van der Waals surface area contributed by atoms with E-state index in [1.165, 1.54) is 5.56 Å². The summed E-state index contributed by atoms with van der Waals surface area (Å²) in [7, 11) is 0. The monoisotopic (exact) mass is 883 g/mol. The Morgan fingerprint density at radius 2 is 0.841 bits per heavy atom. The van der Waals surface area contributed by atoms with Gasteiger partial charge < -0.3 is 9.15 Å². The zero-order valence-corrected chi connectivity index (χ0v) is 36.9. The minimum atomic E-state index is -0.682. The number of fused-ring (bicyclic) bond motifs is 12. The Bertz CT molecular complexity index is 3880. The number of hydrogen-bond donors (Lipinski definition) is 0. The maximum atomic E-state index is 6.70. The van der Waals surface area contributed by atoms with Crippen molar-refractivity contribution < 1.29 is 9.15 Å². The van der Waals surface area contributed by atoms with Gasteiger partial charge in [0, 0.05) is 44.3 Å². The predicted octanol–water partition coefficient (Wildman–Crippen LogP) is 15.0. The van der Waals surface area contributed by atoms with Gasteiger partial charge in [-0.3, -0.25) is 0 Å². The van der Waals surface area contributed by atoms with Crippen molar-refractivity contribution in [2.24, 2.45) is 0 Å². The van der Waals surface area contributed by atoms with Crippen molar-refractivity contribution in [3.8, 4) is 90.6 Å². The molecular weight excluding hydrogens is 847 g/mol. The molecule has 14 rings (SSSR count). The lowest BCUT2D eigenvalue weighted by molar-refractivity contribution is 0.436. The molecule has 7 heteroatoms. The predicted molar refractivity (Wildman–Crippen MR) is 273 cm³/mol. The van der Waals surface area contributed by atoms with Gasteiger partial charge in [0.25, 0.3) is 0 Å². The summed E-state index contributed by atoms with van der Waals surface area (Å²) in [4.78, 5) is 25.7. The molecule has 0 fully saturated rings. The first-order valence-corrected chi connectivity index (χ1v) is 23.1. The molecule has 7 nitrogen and oxygen atoms in total. The topological polar surface area (TPSA) is 86.8 Å². The molecule has 0 amide bonds. The SMILES string of the molecule is c1ccc(-c2nc(-c3ccccc3)nc(-c3ccc4c(c3)-c3c(-c5ccc(-c6nc(-c7ccccc7)c7oc8ccccc8c7n6)cc5)cccc3C43c4ccccc4Oc4ccccc43)n2)cc1. The van der Waals surface area contributed by atoms with Crippen LogP contribution in [0, 0.1) is 0 Å². The smallest absolute Gasteiger partial charge is 0.180 e. The molecule has 69 heavy (non-hydrogen) atoms. The summed E-state index contributed by atoms with van der Waals surface area (Å²) in [5, 5.41) is 0.956. The van der Waals surface area contributed by atoms with Gasteiger partial charge in [-0.15, -0.1) is 0 Å². The number of para-hydroxylation sites is 3. The Hall–Kier alpha value is -9.33. The molecule has 0 saturated heterocycles. The van der Waals surface area contributed by atoms with Crippen LogP contribution < -0.4 is 4.74 Å². The van der Waals surface area contributed by atoms with Crippen LogP contribution in [0.25, 0.3) is 101 Å². The van der Waals surface area contributed by atoms with E-state index in [1.54, 1.807) is 0 Å². The fourth-order valence-corrected chi connectivity index (χ4v) is 10.6. The average molecular weight is 884 g/mol. The number of nitrogens with zero attached hydrogens (tertiary/aromatic N) is 5. The highest BCUT2D eigenvalue weighted by Gasteiger charge is 2.51. The Balaban J connectivity index is 0.978. The van der Waals surface area contributed by atoms with E-state index in [1.807, 2.05) is 109 Å². The number of benzene rings is 9. The van der Waals surface area contributed by atoms with Crippen molar-refractivity contribution in [1.82, 2.24) is 24.9 Å². The lowest BCUT2D eigenvalue weighted by Gasteiger charge is -2.39. The van der Waals surface area contributed by atoms with Crippen molar-refractivity contribution in [3.05, 3.63) is 247 Å². The van der Waals surface area contributed by atoms with Gasteiger partial charge in [0.15, 0.2) is 28.9 Å². The number of furan rings is 1. The van der Waals surface area contributed by atoms with Crippen LogP contribution in [-0.4, -0.2) is 24.9 Å². The molecule has 2 aliphatic rings. The summed E-state index contributed by atoms with van der Waals surface area (Å²) in [6.45, 7) is 0. The van der Waals surface area contributed by atoms with Crippen molar-refractivity contribution in [1.29, 1.82) is 0 Å². The van der Waals surface area contributed by atoms with Gasteiger partial charge in [0.1, 0.15) is 28.3 Å². The third kappa shape index (κ3) is 6.04. The van der Waals surface area contributed by atoms with Crippen LogP contribution >= 0.6 is 0 Å². The Labute approximate surface area is 397 Å². The standard InChI is InChI=1S/C62H37N5O2/c1-4-17-39(18-5-1)55-57-56(45-23-10-13-28-51(45)69-57)64-58(63-55)42-33-31-38(32-34-42)44-24-16-27-50-54(44)46-37-43(61-66-59(40-19-6-2-7-20-40)65-60(67-61)41-21-8-3-9-22-41)35-36-47(46)62(50)48-25-11-14-29-52(48)68-53-30-15-12-26-49(53)62/h1-37H. The number of ether oxygens (including phenoxy) is 1. The van der Waals surface area contributed by atoms with Crippen molar-refractivity contribution in [2.45, 2.75) is 5.41 Å². The number of hydrogen-bond acceptors (Lipinski definition) is 7. The molecule has 3 aromatic heterocycles. The third-order valence-corrected chi connectivity index (χ3v) is 13.6. The highest BCUT2D eigenvalue weighted by molar-refractivity contribution is 6.07. The summed E-state index contributed by atoms with van der Waals surface area (Å²) < 4.78 is 13.1. The van der Waals surface area contributed by atoms with Crippen LogP contribution in [-0.2, 0) is 5.41 Å². The van der Waals surface area contributed by atoms with Gasteiger partial charge in [0.2, 0.25) is 0 Å². The van der Waals surface area contributed by atoms with Gasteiger partial charge in [-0.05, 0) is 63.7 Å². The van der Waals surface area contributed by atoms with E-state index < -0.39 is 5.41 Å². The third-order valence-electron chi connectivity index (χ3n) is 13.6. The molecule has 9 aromatic carbocycles. The lowest BCUT2D eigenvalue weighted by Crippen LogP contribution is -2.32. The van der Waals surface area contributed by atoms with Crippen LogP contribution in [0.3, 0.4) is 0 Å². The van der Waals surface area contributed by atoms with Gasteiger partial charge in [-0.2, -0.15) is 0 Å². The summed E-state index contributed by atoms with van der Waals surface area (Å²) in [6, 6.07) is 77.5. The van der Waals surface area contributed by atoms with Crippen LogP contribution in [0.1, 0.15) is 22.3 Å². The Morgan fingerprint density at radius 1 is 0.333 bits per heavy atom. The Morgan fingerprint density at radius 3 is 1.51 bits per heavy atom. The van der Waals surface area contributed by atoms with Crippen molar-refractivity contribution in [3.63, 3.8) is 0 Å². The number of rotatable bonds is 6. The molecule has 4 heterocycles. The first kappa shape index (κ1) is 38.9. The maximum absolute atomic E-state index is 6.70. The van der Waals surface area contributed by atoms with Gasteiger partial charge >= 0.3 is 0 Å². The number of aromatic nitrogens is 5. The first-order chi connectivity index (χ1) is 34.2. The zero-order valence-electron chi connectivity index (χ0n) is 36.9. The summed E-state index contributed by atoms with van der Waals surface area (Å²) in [5.74, 6) is 4.13. The summed E-state index contributed by atoms with van der Waals surface area (Å²) in [5.41, 5.74) is 15.9. The van der Waals surface area contributed by atoms with Crippen molar-refractivity contribution >= 4 is 22.1 Å². The molecule has 12 aromatic rings. The van der Waals surface area contributed by atoms with Gasteiger partial charge in [-0.1, -0.05) is 194 Å². The molecule has 0 N–H and O–H groups in total. The van der Waals surface area contributed by atoms with E-state index in [0.29, 0.717) is 28.9 Å². The average Bonchev–Trinajstić information content (AvgIpc) is 3.95. The van der Waals surface area contributed by atoms with Crippen LogP contribution in [0.15, 0.2) is 229 Å². The van der Waals surface area contributed by atoms with Gasteiger partial charge in [-0.25, -0.2) is 24.9 Å². The molecule has 0 saturated carbocycles. The second-order valence-corrected chi connectivity index (χ2v) is 17.5. The molecule has 0 bridgehead atoms. The van der Waals surface area contributed by atoms with E-state index in [4.69, 9.17) is 34.1 Å². The zero-order chi connectivity index (χ0) is 45.5. The molecule has 1 spiro atoms. The van der Waals surface area contributed by atoms with Gasteiger partial charge in [0.05, 0.1) is 5.41 Å². The van der Waals surface area contributed by atoms with E-state index in [0.717, 1.165) is 100 Å². The molecule has 0 radical (unpaired) electrons. The van der Waals surface area contributed by atoms with E-state index >= 15 is 0 Å². The largest absolute Gasteiger partial charge is 0.457 e. The molecule has 0 unspecified atom stereocenters. The highest BCUT2D eigenvalue weighted by Crippen LogP contribution is 2.63. The fourth-order valence-electron chi connectivity index (χ4n) is 10.6. The van der Waals surface area contributed by atoms with E-state index in [9.17, 15) is 0 Å². The Kier molecular flexibility index (Phi) is 8.66. The first-order valence-electron chi connectivity index (χ1n) is 23.1. The van der Waals surface area contributed by atoms with E-state index in [-0.39, 0.29) is 0 Å². The van der Waals surface area contributed by atoms with E-state index in [2.05, 4.69) is 115 Å². The van der Waals surface area contributed by atoms with Crippen LogP contribution in [0.4, 0.5) is 0 Å². The molecule has 322 valence electrons. The summed E-state index contributed by atoms with van der Waals surface area (Å²) in [6.07, 6.45) is 0. The maximum Gasteiger partial charge on any atom is 0.180 e. The lowest BCUT2D eigenvalue weighted by atomic mass is 9.66. The molecule has 0 atom stereocenters. The van der Waals surface area contributed by atoms with Crippen molar-refractivity contribution in [2.75, 3.05) is 0 Å². The molecular formula is C62H37N5O2.